The van der Waals surface area contributed by atoms with Gasteiger partial charge in [0.1, 0.15) is 0 Å². The minimum atomic E-state index is -0.00122. The van der Waals surface area contributed by atoms with Crippen LogP contribution in [0.15, 0.2) is 35.2 Å². The summed E-state index contributed by atoms with van der Waals surface area (Å²) < 4.78 is 2.15. The normalized spacial score (nSPS) is 16.1. The summed E-state index contributed by atoms with van der Waals surface area (Å²) in [5, 5.41) is 6.88. The second-order valence-corrected chi connectivity index (χ2v) is 11.1. The van der Waals surface area contributed by atoms with Gasteiger partial charge in [0.15, 0.2) is 5.69 Å². The molecule has 1 amide bonds. The van der Waals surface area contributed by atoms with Crippen LogP contribution in [0.1, 0.15) is 65.3 Å². The standard InChI is InChI=1S/C27H35N5OS/c1-19(2)12-20-4-6-21(7-5-20)13-31-11-10-25-24(16-31)26(29-32(25)14-22-8-9-22)27(33)30(3)15-23-17-34-18-28-23/h4-7,17-19,22H,8-16H2,1-3H3. The van der Waals surface area contributed by atoms with Crippen LogP contribution in [0.4, 0.5) is 0 Å². The van der Waals surface area contributed by atoms with Crippen molar-refractivity contribution < 1.29 is 4.79 Å². The molecule has 1 aliphatic carbocycles. The van der Waals surface area contributed by atoms with Gasteiger partial charge in [0, 0.05) is 56.3 Å². The molecule has 1 aliphatic heterocycles. The lowest BCUT2D eigenvalue weighted by Gasteiger charge is -2.28. The van der Waals surface area contributed by atoms with E-state index in [0.717, 1.165) is 56.2 Å². The van der Waals surface area contributed by atoms with Crippen LogP contribution >= 0.6 is 11.3 Å². The molecule has 1 aromatic carbocycles. The highest BCUT2D eigenvalue weighted by atomic mass is 32.1. The number of hydrogen-bond donors (Lipinski definition) is 0. The first kappa shape index (κ1) is 23.2. The summed E-state index contributed by atoms with van der Waals surface area (Å²) in [6.45, 7) is 8.66. The Labute approximate surface area is 206 Å². The fourth-order valence-electron chi connectivity index (χ4n) is 4.87. The zero-order chi connectivity index (χ0) is 23.7. The molecule has 3 aromatic rings. The van der Waals surface area contributed by atoms with E-state index >= 15 is 0 Å². The van der Waals surface area contributed by atoms with Crippen molar-refractivity contribution >= 4 is 17.2 Å². The second-order valence-electron chi connectivity index (χ2n) is 10.4. The smallest absolute Gasteiger partial charge is 0.274 e. The maximum absolute atomic E-state index is 13.5. The van der Waals surface area contributed by atoms with Gasteiger partial charge in [-0.2, -0.15) is 5.10 Å². The summed E-state index contributed by atoms with van der Waals surface area (Å²) in [7, 11) is 1.85. The Morgan fingerprint density at radius 2 is 1.97 bits per heavy atom. The fourth-order valence-corrected chi connectivity index (χ4v) is 5.42. The minimum Gasteiger partial charge on any atom is -0.334 e. The number of carbonyl (C=O) groups excluding carboxylic acids is 1. The molecule has 0 atom stereocenters. The molecule has 5 rings (SSSR count). The summed E-state index contributed by atoms with van der Waals surface area (Å²) >= 11 is 1.56. The molecular formula is C27H35N5OS. The topological polar surface area (TPSA) is 54.3 Å². The predicted molar refractivity (Wildman–Crippen MR) is 136 cm³/mol. The van der Waals surface area contributed by atoms with Gasteiger partial charge in [0.2, 0.25) is 0 Å². The average Bonchev–Trinajstić information content (AvgIpc) is 3.35. The van der Waals surface area contributed by atoms with E-state index in [1.807, 2.05) is 17.9 Å². The van der Waals surface area contributed by atoms with E-state index in [4.69, 9.17) is 5.10 Å². The molecule has 0 N–H and O–H groups in total. The van der Waals surface area contributed by atoms with Gasteiger partial charge >= 0.3 is 0 Å². The average molecular weight is 478 g/mol. The quantitative estimate of drug-likeness (QED) is 0.445. The number of nitrogens with zero attached hydrogens (tertiary/aromatic N) is 5. The van der Waals surface area contributed by atoms with Crippen LogP contribution in [0.5, 0.6) is 0 Å². The molecule has 3 heterocycles. The number of thiazole rings is 1. The first-order valence-electron chi connectivity index (χ1n) is 12.5. The largest absolute Gasteiger partial charge is 0.334 e. The van der Waals surface area contributed by atoms with E-state index in [9.17, 15) is 4.79 Å². The van der Waals surface area contributed by atoms with Crippen LogP contribution in [0.25, 0.3) is 0 Å². The lowest BCUT2D eigenvalue weighted by atomic mass is 10.0. The Hall–Kier alpha value is -2.51. The summed E-state index contributed by atoms with van der Waals surface area (Å²) in [6.07, 6.45) is 4.62. The van der Waals surface area contributed by atoms with Crippen LogP contribution in [0, 0.1) is 11.8 Å². The highest BCUT2D eigenvalue weighted by Gasteiger charge is 2.32. The number of aromatic nitrogens is 3. The van der Waals surface area contributed by atoms with Crippen molar-refractivity contribution in [2.75, 3.05) is 13.6 Å². The molecule has 7 heteroatoms. The second kappa shape index (κ2) is 10.0. The zero-order valence-electron chi connectivity index (χ0n) is 20.5. The number of rotatable bonds is 9. The van der Waals surface area contributed by atoms with E-state index in [-0.39, 0.29) is 5.91 Å². The van der Waals surface area contributed by atoms with E-state index in [2.05, 4.69) is 52.7 Å². The number of fused-ring (bicyclic) bond motifs is 1. The predicted octanol–water partition coefficient (Wildman–Crippen LogP) is 4.78. The van der Waals surface area contributed by atoms with Gasteiger partial charge in [-0.3, -0.25) is 14.4 Å². The van der Waals surface area contributed by atoms with Crippen molar-refractivity contribution in [3.8, 4) is 0 Å². The molecule has 2 aliphatic rings. The van der Waals surface area contributed by atoms with Gasteiger partial charge in [0.25, 0.3) is 5.91 Å². The summed E-state index contributed by atoms with van der Waals surface area (Å²) in [5.41, 5.74) is 8.49. The minimum absolute atomic E-state index is 0.00122. The summed E-state index contributed by atoms with van der Waals surface area (Å²) in [5.74, 6) is 1.39. The fraction of sp³-hybridized carbons (Fsp3) is 0.519. The molecule has 0 bridgehead atoms. The summed E-state index contributed by atoms with van der Waals surface area (Å²) in [4.78, 5) is 22.0. The van der Waals surface area contributed by atoms with Crippen LogP contribution in [0.3, 0.4) is 0 Å². The molecule has 1 fully saturated rings. The van der Waals surface area contributed by atoms with Crippen molar-refractivity contribution in [3.05, 3.63) is 68.9 Å². The summed E-state index contributed by atoms with van der Waals surface area (Å²) in [6, 6.07) is 9.05. The zero-order valence-corrected chi connectivity index (χ0v) is 21.4. The Bertz CT molecular complexity index is 1110. The SMILES string of the molecule is CC(C)Cc1ccc(CN2CCc3c(c(C(=O)N(C)Cc4cscn4)nn3CC3CC3)C2)cc1. The molecule has 0 radical (unpaired) electrons. The first-order valence-corrected chi connectivity index (χ1v) is 13.4. The Morgan fingerprint density at radius 3 is 2.65 bits per heavy atom. The molecule has 6 nitrogen and oxygen atoms in total. The van der Waals surface area contributed by atoms with Crippen LogP contribution in [-0.2, 0) is 39.0 Å². The molecule has 180 valence electrons. The van der Waals surface area contributed by atoms with Crippen molar-refractivity contribution in [2.24, 2.45) is 11.8 Å². The molecule has 0 spiro atoms. The Kier molecular flexibility index (Phi) is 6.84. The van der Waals surface area contributed by atoms with Crippen LogP contribution in [-0.4, -0.2) is 44.1 Å². The van der Waals surface area contributed by atoms with Crippen molar-refractivity contribution in [3.63, 3.8) is 0 Å². The lowest BCUT2D eigenvalue weighted by Crippen LogP contribution is -2.33. The molecule has 0 saturated heterocycles. The maximum atomic E-state index is 13.5. The van der Waals surface area contributed by atoms with Crippen LogP contribution < -0.4 is 0 Å². The number of carbonyl (C=O) groups is 1. The Morgan fingerprint density at radius 1 is 1.21 bits per heavy atom. The molecule has 2 aromatic heterocycles. The van der Waals surface area contributed by atoms with Gasteiger partial charge in [-0.1, -0.05) is 38.1 Å². The third-order valence-electron chi connectivity index (χ3n) is 6.85. The highest BCUT2D eigenvalue weighted by molar-refractivity contribution is 7.07. The first-order chi connectivity index (χ1) is 16.5. The molecular weight excluding hydrogens is 442 g/mol. The third-order valence-corrected chi connectivity index (χ3v) is 7.48. The molecule has 34 heavy (non-hydrogen) atoms. The van der Waals surface area contributed by atoms with Gasteiger partial charge < -0.3 is 4.90 Å². The number of hydrogen-bond acceptors (Lipinski definition) is 5. The highest BCUT2D eigenvalue weighted by Crippen LogP contribution is 2.33. The van der Waals surface area contributed by atoms with Gasteiger partial charge in [-0.25, -0.2) is 4.98 Å². The van der Waals surface area contributed by atoms with Gasteiger partial charge in [-0.05, 0) is 42.2 Å². The van der Waals surface area contributed by atoms with E-state index in [1.165, 1.54) is 29.7 Å². The van der Waals surface area contributed by atoms with E-state index < -0.39 is 0 Å². The molecule has 1 saturated carbocycles. The van der Waals surface area contributed by atoms with Gasteiger partial charge in [0.05, 0.1) is 17.7 Å². The van der Waals surface area contributed by atoms with Crippen molar-refractivity contribution in [1.29, 1.82) is 0 Å². The van der Waals surface area contributed by atoms with Crippen molar-refractivity contribution in [2.45, 2.75) is 65.7 Å². The number of benzene rings is 1. The maximum Gasteiger partial charge on any atom is 0.274 e. The molecule has 0 unspecified atom stereocenters. The number of amides is 1. The van der Waals surface area contributed by atoms with E-state index in [1.54, 1.807) is 16.2 Å². The van der Waals surface area contributed by atoms with E-state index in [0.29, 0.717) is 18.2 Å². The Balaban J connectivity index is 1.33. The van der Waals surface area contributed by atoms with Crippen molar-refractivity contribution in [1.82, 2.24) is 24.6 Å². The third kappa shape index (κ3) is 5.41. The van der Waals surface area contributed by atoms with Gasteiger partial charge in [-0.15, -0.1) is 11.3 Å². The monoisotopic (exact) mass is 477 g/mol. The lowest BCUT2D eigenvalue weighted by molar-refractivity contribution is 0.0774. The van der Waals surface area contributed by atoms with Crippen LogP contribution in [0.2, 0.25) is 0 Å².